The molecular formula is C28H39N4NaO11. The van der Waals surface area contributed by atoms with Gasteiger partial charge in [0.25, 0.3) is 0 Å². The first-order valence-corrected chi connectivity index (χ1v) is 13.3. The largest absolute Gasteiger partial charge is 1.00 e. The topological polar surface area (TPSA) is 250 Å². The quantitative estimate of drug-likeness (QED) is 0.0633. The first-order valence-electron chi connectivity index (χ1n) is 13.3. The number of aliphatic hydroxyl groups excluding tert-OH is 1. The number of hydrogen-bond acceptors (Lipinski definition) is 11. The third-order valence-electron chi connectivity index (χ3n) is 5.41. The number of aliphatic carboxylic acids is 2. The van der Waals surface area contributed by atoms with Crippen LogP contribution in [0.1, 0.15) is 49.7 Å². The van der Waals surface area contributed by atoms with Gasteiger partial charge in [-0.3, -0.25) is 4.79 Å². The van der Waals surface area contributed by atoms with Crippen molar-refractivity contribution in [1.29, 1.82) is 0 Å². The number of ether oxygens (including phenoxy) is 2. The van der Waals surface area contributed by atoms with Gasteiger partial charge in [0.05, 0.1) is 0 Å². The second-order valence-corrected chi connectivity index (χ2v) is 8.84. The summed E-state index contributed by atoms with van der Waals surface area (Å²) < 4.78 is 10.0. The smallest absolute Gasteiger partial charge is 0.480 e. The van der Waals surface area contributed by atoms with E-state index >= 15 is 0 Å². The molecule has 2 unspecified atom stereocenters. The number of benzene rings is 2. The number of carboxylic acid groups (broad SMARTS) is 2. The first-order chi connectivity index (χ1) is 20.6. The number of rotatable bonds is 16. The van der Waals surface area contributed by atoms with Gasteiger partial charge in [-0.2, -0.15) is 0 Å². The average molecular weight is 631 g/mol. The molecule has 2 rings (SSSR count). The van der Waals surface area contributed by atoms with Crippen LogP contribution >= 0.6 is 0 Å². The molecule has 0 spiro atoms. The molecule has 16 heteroatoms. The van der Waals surface area contributed by atoms with Gasteiger partial charge in [0.1, 0.15) is 19.3 Å². The minimum Gasteiger partial charge on any atom is -0.480 e. The summed E-state index contributed by atoms with van der Waals surface area (Å²) in [4.78, 5) is 51.5. The first kappa shape index (κ1) is 42.4. The molecule has 2 aromatic rings. The second kappa shape index (κ2) is 28.0. The number of hydrogen-bond donors (Lipinski definition) is 6. The van der Waals surface area contributed by atoms with Crippen molar-refractivity contribution >= 4 is 24.1 Å². The van der Waals surface area contributed by atoms with E-state index in [4.69, 9.17) is 40.6 Å². The predicted molar refractivity (Wildman–Crippen MR) is 155 cm³/mol. The van der Waals surface area contributed by atoms with Crippen LogP contribution < -0.4 is 45.9 Å². The molecular weight excluding hydrogens is 591 g/mol. The Labute approximate surface area is 277 Å². The van der Waals surface area contributed by atoms with Crippen LogP contribution in [0.5, 0.6) is 0 Å². The van der Waals surface area contributed by atoms with Crippen LogP contribution in [-0.4, -0.2) is 64.7 Å². The number of carbonyl (C=O) groups is 4. The molecule has 238 valence electrons. The number of carbonyl (C=O) groups excluding carboxylic acids is 2. The number of unbranched alkanes of at least 4 members (excludes halogenated alkanes) is 2. The van der Waals surface area contributed by atoms with Crippen LogP contribution in [0.15, 0.2) is 66.0 Å². The fourth-order valence-corrected chi connectivity index (χ4v) is 3.13. The molecule has 44 heavy (non-hydrogen) atoms. The van der Waals surface area contributed by atoms with Gasteiger partial charge in [-0.05, 0) is 49.7 Å². The number of alkyl carbamates (subject to hydrolysis) is 2. The molecule has 2 amide bonds. The molecule has 0 fully saturated rings. The second-order valence-electron chi connectivity index (χ2n) is 8.84. The Hall–Kier alpha value is -3.76. The van der Waals surface area contributed by atoms with E-state index in [0.29, 0.717) is 45.2 Å². The Balaban J connectivity index is 0. The van der Waals surface area contributed by atoms with Crippen LogP contribution in [0.2, 0.25) is 0 Å². The summed E-state index contributed by atoms with van der Waals surface area (Å²) in [6.07, 6.45) is 0.682. The molecule has 0 radical (unpaired) electrons. The summed E-state index contributed by atoms with van der Waals surface area (Å²) in [6.45, 7) is 1.28. The molecule has 15 nitrogen and oxygen atoms in total. The van der Waals surface area contributed by atoms with Gasteiger partial charge in [-0.25, -0.2) is 14.4 Å². The van der Waals surface area contributed by atoms with E-state index in [1.54, 1.807) is 0 Å². The fraction of sp³-hybridized carbons (Fsp3) is 0.429. The maximum absolute atomic E-state index is 11.4. The molecule has 0 bridgehead atoms. The molecule has 0 heterocycles. The number of nitrogens with one attached hydrogen (secondary N) is 2. The maximum atomic E-state index is 11.4. The van der Waals surface area contributed by atoms with Crippen molar-refractivity contribution in [2.45, 2.75) is 63.9 Å². The molecule has 7 N–H and O–H groups in total. The number of nitrogens with two attached hydrogens (primary N) is 1. The monoisotopic (exact) mass is 630 g/mol. The van der Waals surface area contributed by atoms with Crippen LogP contribution in [0.3, 0.4) is 0 Å². The number of aliphatic hydroxyl groups is 1. The van der Waals surface area contributed by atoms with Crippen molar-refractivity contribution in [3.05, 3.63) is 81.9 Å². The van der Waals surface area contributed by atoms with Crippen molar-refractivity contribution in [1.82, 2.24) is 10.6 Å². The fourth-order valence-electron chi connectivity index (χ4n) is 3.13. The Morgan fingerprint density at radius 1 is 0.750 bits per heavy atom. The summed E-state index contributed by atoms with van der Waals surface area (Å²) in [5.74, 6) is -2.22. The van der Waals surface area contributed by atoms with Crippen molar-refractivity contribution in [2.24, 2.45) is 11.1 Å². The Kier molecular flexibility index (Phi) is 27.0. The molecule has 2 atom stereocenters. The van der Waals surface area contributed by atoms with Crippen LogP contribution in [0, 0.1) is 10.1 Å². The van der Waals surface area contributed by atoms with E-state index in [-0.39, 0.29) is 49.2 Å². The predicted octanol–water partition coefficient (Wildman–Crippen LogP) is 0.278. The van der Waals surface area contributed by atoms with Crippen molar-refractivity contribution in [2.75, 3.05) is 13.1 Å². The van der Waals surface area contributed by atoms with E-state index in [2.05, 4.69) is 10.6 Å². The number of carboxylic acids is 2. The molecule has 0 aliphatic carbocycles. The van der Waals surface area contributed by atoms with Crippen LogP contribution in [0.25, 0.3) is 0 Å². The van der Waals surface area contributed by atoms with Gasteiger partial charge >= 0.3 is 53.7 Å². The molecule has 0 aliphatic rings. The average Bonchev–Trinajstić information content (AvgIpc) is 3.00. The van der Waals surface area contributed by atoms with Crippen molar-refractivity contribution < 1.29 is 73.5 Å². The van der Waals surface area contributed by atoms with E-state index in [1.165, 1.54) is 0 Å². The zero-order chi connectivity index (χ0) is 32.3. The summed E-state index contributed by atoms with van der Waals surface area (Å²) in [5.41, 5.74) is 7.19. The Morgan fingerprint density at radius 2 is 1.14 bits per heavy atom. The maximum Gasteiger partial charge on any atom is 1.00 e. The molecule has 0 aromatic heterocycles. The minimum atomic E-state index is -1.33. The summed E-state index contributed by atoms with van der Waals surface area (Å²) in [5, 5.41) is 40.3. The number of amides is 2. The molecule has 0 aliphatic heterocycles. The third kappa shape index (κ3) is 24.8. The minimum absolute atomic E-state index is 0. The van der Waals surface area contributed by atoms with Crippen molar-refractivity contribution in [3.63, 3.8) is 0 Å². The SMILES string of the molecule is NC(CCCCNC(=O)OCc1ccccc1)C(=O)O.O=C(NCCCCC(O)C(=O)O)OCc1ccccc1.O=N[O-].[Na+]. The van der Waals surface area contributed by atoms with Gasteiger partial charge in [0, 0.05) is 13.1 Å². The zero-order valence-corrected chi connectivity index (χ0v) is 26.6. The standard InChI is InChI=1S/C14H20N2O4.C14H19NO5.HNO2.Na/c15-12(13(17)18)8-4-5-9-16-14(19)20-10-11-6-2-1-3-7-11;16-12(13(17)18)8-4-5-9-15-14(19)20-10-11-6-2-1-3-7-11;2-1-3;/h1-3,6-7,12H,4-5,8-10,15H2,(H,16,19)(H,17,18);1-3,6-7,12,16H,4-5,8-10H2,(H,15,19)(H,17,18);(H,2,3);/q;;;+1/p-1. The van der Waals surface area contributed by atoms with E-state index in [0.717, 1.165) is 16.5 Å². The summed E-state index contributed by atoms with van der Waals surface area (Å²) >= 11 is 0. The Morgan fingerprint density at radius 3 is 1.50 bits per heavy atom. The zero-order valence-electron chi connectivity index (χ0n) is 24.6. The van der Waals surface area contributed by atoms with E-state index in [1.807, 2.05) is 60.7 Å². The van der Waals surface area contributed by atoms with Crippen molar-refractivity contribution in [3.8, 4) is 0 Å². The number of nitrogens with zero attached hydrogens (tertiary/aromatic N) is 1. The van der Waals surface area contributed by atoms with Gasteiger partial charge < -0.3 is 51.3 Å². The normalized spacial score (nSPS) is 10.9. The van der Waals surface area contributed by atoms with Gasteiger partial charge in [-0.15, -0.1) is 5.34 Å². The summed E-state index contributed by atoms with van der Waals surface area (Å²) in [7, 11) is 0. The van der Waals surface area contributed by atoms with Gasteiger partial charge in [-0.1, -0.05) is 60.7 Å². The Bertz CT molecular complexity index is 985. The van der Waals surface area contributed by atoms with Gasteiger partial charge in [0.2, 0.25) is 0 Å². The molecule has 0 saturated heterocycles. The van der Waals surface area contributed by atoms with Gasteiger partial charge in [0.15, 0.2) is 6.10 Å². The van der Waals surface area contributed by atoms with E-state index < -0.39 is 36.3 Å². The molecule has 2 aromatic carbocycles. The van der Waals surface area contributed by atoms with Crippen LogP contribution in [-0.2, 0) is 32.3 Å². The van der Waals surface area contributed by atoms with E-state index in [9.17, 15) is 19.2 Å². The summed E-state index contributed by atoms with van der Waals surface area (Å²) in [6, 6.07) is 17.9. The third-order valence-corrected chi connectivity index (χ3v) is 5.41. The molecule has 0 saturated carbocycles. The van der Waals surface area contributed by atoms with Crippen LogP contribution in [0.4, 0.5) is 9.59 Å².